The summed E-state index contributed by atoms with van der Waals surface area (Å²) in [4.78, 5) is 0. The van der Waals surface area contributed by atoms with Gasteiger partial charge in [0.05, 0.1) is 7.11 Å². The van der Waals surface area contributed by atoms with Gasteiger partial charge in [-0.15, -0.1) is 0 Å². The molecule has 0 spiro atoms. The summed E-state index contributed by atoms with van der Waals surface area (Å²) in [6, 6.07) is 9.02. The highest BCUT2D eigenvalue weighted by Crippen LogP contribution is 2.33. The van der Waals surface area contributed by atoms with Crippen molar-refractivity contribution in [1.29, 1.82) is 0 Å². The SMILES string of the molecule is COc1cccc(CCNC2CSCC(C)(C)C2)c1. The third-order valence-corrected chi connectivity index (χ3v) is 5.22. The Morgan fingerprint density at radius 3 is 3.00 bits per heavy atom. The summed E-state index contributed by atoms with van der Waals surface area (Å²) < 4.78 is 5.25. The van der Waals surface area contributed by atoms with E-state index < -0.39 is 0 Å². The third-order valence-electron chi connectivity index (χ3n) is 3.59. The van der Waals surface area contributed by atoms with Gasteiger partial charge in [0, 0.05) is 11.8 Å². The van der Waals surface area contributed by atoms with Crippen molar-refractivity contribution in [2.75, 3.05) is 25.2 Å². The van der Waals surface area contributed by atoms with E-state index in [9.17, 15) is 0 Å². The van der Waals surface area contributed by atoms with Gasteiger partial charge in [-0.25, -0.2) is 0 Å². The molecule has 1 heterocycles. The maximum absolute atomic E-state index is 5.25. The van der Waals surface area contributed by atoms with Crippen LogP contribution in [0.1, 0.15) is 25.8 Å². The fraction of sp³-hybridized carbons (Fsp3) is 0.625. The molecular weight excluding hydrogens is 254 g/mol. The Balaban J connectivity index is 1.76. The first-order valence-electron chi connectivity index (χ1n) is 7.03. The zero-order valence-corrected chi connectivity index (χ0v) is 13.1. The molecule has 1 N–H and O–H groups in total. The van der Waals surface area contributed by atoms with Gasteiger partial charge in [-0.05, 0) is 48.3 Å². The van der Waals surface area contributed by atoms with Gasteiger partial charge in [0.2, 0.25) is 0 Å². The Kier molecular flexibility index (Phi) is 5.17. The number of thioether (sulfide) groups is 1. The van der Waals surface area contributed by atoms with E-state index >= 15 is 0 Å². The minimum atomic E-state index is 0.483. The lowest BCUT2D eigenvalue weighted by atomic mass is 9.88. The monoisotopic (exact) mass is 279 g/mol. The quantitative estimate of drug-likeness (QED) is 0.893. The highest BCUT2D eigenvalue weighted by atomic mass is 32.2. The van der Waals surface area contributed by atoms with Crippen LogP contribution < -0.4 is 10.1 Å². The Morgan fingerprint density at radius 1 is 1.42 bits per heavy atom. The second-order valence-electron chi connectivity index (χ2n) is 6.14. The molecule has 2 rings (SSSR count). The van der Waals surface area contributed by atoms with Crippen molar-refractivity contribution in [3.05, 3.63) is 29.8 Å². The van der Waals surface area contributed by atoms with Crippen LogP contribution in [0.25, 0.3) is 0 Å². The van der Waals surface area contributed by atoms with Gasteiger partial charge < -0.3 is 10.1 Å². The Labute approximate surface area is 121 Å². The predicted octanol–water partition coefficient (Wildman–Crippen LogP) is 3.36. The van der Waals surface area contributed by atoms with Gasteiger partial charge in [-0.3, -0.25) is 0 Å². The molecule has 0 aromatic heterocycles. The van der Waals surface area contributed by atoms with Crippen molar-refractivity contribution in [3.63, 3.8) is 0 Å². The zero-order chi connectivity index (χ0) is 13.7. The highest BCUT2D eigenvalue weighted by Gasteiger charge is 2.27. The molecule has 1 atom stereocenters. The summed E-state index contributed by atoms with van der Waals surface area (Å²) in [5, 5.41) is 3.70. The molecular formula is C16H25NOS. The van der Waals surface area contributed by atoms with Gasteiger partial charge in [0.25, 0.3) is 0 Å². The number of rotatable bonds is 5. The average Bonchev–Trinajstić information content (AvgIpc) is 2.38. The van der Waals surface area contributed by atoms with Crippen LogP contribution >= 0.6 is 11.8 Å². The van der Waals surface area contributed by atoms with Crippen molar-refractivity contribution < 1.29 is 4.74 Å². The fourth-order valence-corrected chi connectivity index (χ4v) is 3.95. The van der Waals surface area contributed by atoms with Crippen LogP contribution in [0, 0.1) is 5.41 Å². The van der Waals surface area contributed by atoms with Crippen LogP contribution in [-0.2, 0) is 6.42 Å². The first kappa shape index (κ1) is 14.7. The smallest absolute Gasteiger partial charge is 0.119 e. The molecule has 1 aliphatic rings. The Bertz CT molecular complexity index is 405. The lowest BCUT2D eigenvalue weighted by Gasteiger charge is -2.35. The molecule has 1 aromatic carbocycles. The normalized spacial score (nSPS) is 22.2. The minimum Gasteiger partial charge on any atom is -0.497 e. The van der Waals surface area contributed by atoms with Gasteiger partial charge >= 0.3 is 0 Å². The van der Waals surface area contributed by atoms with Gasteiger partial charge in [-0.1, -0.05) is 26.0 Å². The number of hydrogen-bond donors (Lipinski definition) is 1. The van der Waals surface area contributed by atoms with Gasteiger partial charge in [0.15, 0.2) is 0 Å². The maximum atomic E-state index is 5.25. The van der Waals surface area contributed by atoms with Gasteiger partial charge in [0.1, 0.15) is 5.75 Å². The van der Waals surface area contributed by atoms with E-state index in [4.69, 9.17) is 4.74 Å². The van der Waals surface area contributed by atoms with Crippen molar-refractivity contribution in [1.82, 2.24) is 5.32 Å². The Morgan fingerprint density at radius 2 is 2.26 bits per heavy atom. The summed E-state index contributed by atoms with van der Waals surface area (Å²) in [6.45, 7) is 5.79. The molecule has 0 aliphatic carbocycles. The fourth-order valence-electron chi connectivity index (χ4n) is 2.64. The molecule has 0 bridgehead atoms. The first-order valence-corrected chi connectivity index (χ1v) is 8.19. The van der Waals surface area contributed by atoms with E-state index in [1.807, 2.05) is 6.07 Å². The second kappa shape index (κ2) is 6.67. The maximum Gasteiger partial charge on any atom is 0.119 e. The van der Waals surface area contributed by atoms with Crippen LogP contribution in [0.4, 0.5) is 0 Å². The summed E-state index contributed by atoms with van der Waals surface area (Å²) in [6.07, 6.45) is 2.36. The predicted molar refractivity (Wildman–Crippen MR) is 84.2 cm³/mol. The van der Waals surface area contributed by atoms with Crippen LogP contribution in [0.3, 0.4) is 0 Å². The van der Waals surface area contributed by atoms with E-state index in [2.05, 4.69) is 49.1 Å². The van der Waals surface area contributed by atoms with Crippen LogP contribution in [0.15, 0.2) is 24.3 Å². The van der Waals surface area contributed by atoms with Crippen LogP contribution in [-0.4, -0.2) is 31.2 Å². The summed E-state index contributed by atoms with van der Waals surface area (Å²) in [7, 11) is 1.72. The summed E-state index contributed by atoms with van der Waals surface area (Å²) in [5.74, 6) is 3.50. The average molecular weight is 279 g/mol. The molecule has 0 radical (unpaired) electrons. The number of nitrogens with one attached hydrogen (secondary N) is 1. The molecule has 1 saturated heterocycles. The third kappa shape index (κ3) is 4.73. The highest BCUT2D eigenvalue weighted by molar-refractivity contribution is 7.99. The van der Waals surface area contributed by atoms with E-state index in [1.54, 1.807) is 7.11 Å². The minimum absolute atomic E-state index is 0.483. The Hall–Kier alpha value is -0.670. The lowest BCUT2D eigenvalue weighted by Crippen LogP contribution is -2.41. The topological polar surface area (TPSA) is 21.3 Å². The number of hydrogen-bond acceptors (Lipinski definition) is 3. The second-order valence-corrected chi connectivity index (χ2v) is 7.17. The van der Waals surface area contributed by atoms with Crippen molar-refractivity contribution in [2.24, 2.45) is 5.41 Å². The molecule has 1 aliphatic heterocycles. The van der Waals surface area contributed by atoms with Crippen molar-refractivity contribution >= 4 is 11.8 Å². The van der Waals surface area contributed by atoms with E-state index in [-0.39, 0.29) is 0 Å². The lowest BCUT2D eigenvalue weighted by molar-refractivity contribution is 0.319. The number of benzene rings is 1. The molecule has 2 nitrogen and oxygen atoms in total. The van der Waals surface area contributed by atoms with Crippen LogP contribution in [0.5, 0.6) is 5.75 Å². The van der Waals surface area contributed by atoms with Crippen molar-refractivity contribution in [3.8, 4) is 5.75 Å². The standard InChI is InChI=1S/C16H25NOS/c1-16(2)10-14(11-19-12-16)17-8-7-13-5-4-6-15(9-13)18-3/h4-6,9,14,17H,7-8,10-12H2,1-3H3. The van der Waals surface area contributed by atoms with E-state index in [0.717, 1.165) is 18.7 Å². The molecule has 1 aromatic rings. The van der Waals surface area contributed by atoms with Crippen molar-refractivity contribution in [2.45, 2.75) is 32.7 Å². The van der Waals surface area contributed by atoms with E-state index in [0.29, 0.717) is 11.5 Å². The van der Waals surface area contributed by atoms with E-state index in [1.165, 1.54) is 23.5 Å². The molecule has 19 heavy (non-hydrogen) atoms. The molecule has 1 unspecified atom stereocenters. The largest absolute Gasteiger partial charge is 0.497 e. The summed E-state index contributed by atoms with van der Waals surface area (Å²) in [5.41, 5.74) is 1.82. The number of methoxy groups -OCH3 is 1. The van der Waals surface area contributed by atoms with Crippen LogP contribution in [0.2, 0.25) is 0 Å². The zero-order valence-electron chi connectivity index (χ0n) is 12.2. The van der Waals surface area contributed by atoms with Gasteiger partial charge in [-0.2, -0.15) is 11.8 Å². The molecule has 1 fully saturated rings. The number of ether oxygens (including phenoxy) is 1. The first-order chi connectivity index (χ1) is 9.09. The molecule has 3 heteroatoms. The molecule has 0 amide bonds. The summed E-state index contributed by atoms with van der Waals surface area (Å²) >= 11 is 2.08. The molecule has 106 valence electrons. The molecule has 0 saturated carbocycles.